The topological polar surface area (TPSA) is 84.7 Å². The number of hydrogen-bond acceptors (Lipinski definition) is 5. The Morgan fingerprint density at radius 2 is 1.80 bits per heavy atom. The number of para-hydroxylation sites is 1. The standard InChI is InChI=1S/C28H29N3O4/c1-35-27-10-6-5-9-24(27)23-15-17-30(18-16-23)25-13-11-21(19-26(25)31(33)34)12-14-28(32)29-20-22-7-3-2-4-8-22/h2-14,19,23H,15-18,20H2,1H3,(H,29,32). The van der Waals surface area contributed by atoms with E-state index in [-0.39, 0.29) is 16.5 Å². The highest BCUT2D eigenvalue weighted by atomic mass is 16.6. The van der Waals surface area contributed by atoms with Crippen molar-refractivity contribution < 1.29 is 14.5 Å². The Hall–Kier alpha value is -4.13. The molecule has 7 nitrogen and oxygen atoms in total. The first-order valence-electron chi connectivity index (χ1n) is 11.7. The number of nitrogens with zero attached hydrogens (tertiary/aromatic N) is 2. The van der Waals surface area contributed by atoms with E-state index in [9.17, 15) is 14.9 Å². The van der Waals surface area contributed by atoms with Crippen molar-refractivity contribution >= 4 is 23.4 Å². The summed E-state index contributed by atoms with van der Waals surface area (Å²) in [5.41, 5.74) is 3.46. The molecule has 1 amide bonds. The van der Waals surface area contributed by atoms with Crippen LogP contribution in [0.2, 0.25) is 0 Å². The highest BCUT2D eigenvalue weighted by Gasteiger charge is 2.27. The van der Waals surface area contributed by atoms with Crippen molar-refractivity contribution in [2.75, 3.05) is 25.1 Å². The summed E-state index contributed by atoms with van der Waals surface area (Å²) in [6.45, 7) is 1.87. The minimum atomic E-state index is -0.353. The molecule has 1 saturated heterocycles. The number of amides is 1. The number of rotatable bonds is 8. The van der Waals surface area contributed by atoms with Gasteiger partial charge in [-0.05, 0) is 53.7 Å². The number of ether oxygens (including phenoxy) is 1. The first-order chi connectivity index (χ1) is 17.0. The zero-order valence-electron chi connectivity index (χ0n) is 19.7. The second kappa shape index (κ2) is 11.3. The summed E-state index contributed by atoms with van der Waals surface area (Å²) in [6.07, 6.45) is 4.78. The number of nitrogens with one attached hydrogen (secondary N) is 1. The minimum Gasteiger partial charge on any atom is -0.496 e. The third-order valence-electron chi connectivity index (χ3n) is 6.35. The summed E-state index contributed by atoms with van der Waals surface area (Å²) in [7, 11) is 1.68. The van der Waals surface area contributed by atoms with E-state index in [0.717, 1.165) is 37.2 Å². The molecule has 4 rings (SSSR count). The van der Waals surface area contributed by atoms with Crippen molar-refractivity contribution in [3.63, 3.8) is 0 Å². The maximum absolute atomic E-state index is 12.2. The molecule has 3 aromatic rings. The van der Waals surface area contributed by atoms with Crippen LogP contribution in [0.3, 0.4) is 0 Å². The highest BCUT2D eigenvalue weighted by Crippen LogP contribution is 2.38. The molecule has 0 aliphatic carbocycles. The molecule has 1 aliphatic rings. The molecule has 7 heteroatoms. The van der Waals surface area contributed by atoms with Gasteiger partial charge in [0.05, 0.1) is 12.0 Å². The lowest BCUT2D eigenvalue weighted by molar-refractivity contribution is -0.384. The number of hydrogen-bond donors (Lipinski definition) is 1. The normalized spacial score (nSPS) is 14.1. The Morgan fingerprint density at radius 3 is 2.51 bits per heavy atom. The molecule has 1 fully saturated rings. The van der Waals surface area contributed by atoms with Crippen molar-refractivity contribution in [3.8, 4) is 5.75 Å². The molecule has 3 aromatic carbocycles. The molecule has 0 unspecified atom stereocenters. The van der Waals surface area contributed by atoms with E-state index in [0.29, 0.717) is 23.7 Å². The molecule has 0 bridgehead atoms. The predicted octanol–water partition coefficient (Wildman–Crippen LogP) is 5.32. The van der Waals surface area contributed by atoms with Gasteiger partial charge in [0.15, 0.2) is 0 Å². The minimum absolute atomic E-state index is 0.0487. The SMILES string of the molecule is COc1ccccc1C1CCN(c2ccc(C=CC(=O)NCc3ccccc3)cc2[N+](=O)[O-])CC1. The third kappa shape index (κ3) is 6.06. The predicted molar refractivity (Wildman–Crippen MR) is 138 cm³/mol. The zero-order valence-corrected chi connectivity index (χ0v) is 19.7. The summed E-state index contributed by atoms with van der Waals surface area (Å²) in [4.78, 5) is 25.7. The molecule has 1 aliphatic heterocycles. The summed E-state index contributed by atoms with van der Waals surface area (Å²) in [6, 6.07) is 22.8. The van der Waals surface area contributed by atoms with Crippen LogP contribution in [-0.4, -0.2) is 31.0 Å². The van der Waals surface area contributed by atoms with E-state index in [1.807, 2.05) is 54.6 Å². The van der Waals surface area contributed by atoms with Crippen LogP contribution < -0.4 is 15.0 Å². The zero-order chi connectivity index (χ0) is 24.6. The molecule has 0 saturated carbocycles. The number of nitro groups is 1. The van der Waals surface area contributed by atoms with E-state index >= 15 is 0 Å². The Balaban J connectivity index is 1.41. The number of piperidine rings is 1. The number of benzene rings is 3. The van der Waals surface area contributed by atoms with Gasteiger partial charge in [0.1, 0.15) is 11.4 Å². The number of carbonyl (C=O) groups excluding carboxylic acids is 1. The Kier molecular flexibility index (Phi) is 7.77. The molecule has 1 N–H and O–H groups in total. The summed E-state index contributed by atoms with van der Waals surface area (Å²) in [5, 5.41) is 14.7. The van der Waals surface area contributed by atoms with Gasteiger partial charge in [-0.1, -0.05) is 54.6 Å². The lowest BCUT2D eigenvalue weighted by Crippen LogP contribution is -2.33. The van der Waals surface area contributed by atoms with Crippen molar-refractivity contribution in [3.05, 3.63) is 106 Å². The second-order valence-electron chi connectivity index (χ2n) is 8.55. The van der Waals surface area contributed by atoms with Crippen LogP contribution in [-0.2, 0) is 11.3 Å². The summed E-state index contributed by atoms with van der Waals surface area (Å²) < 4.78 is 5.51. The maximum Gasteiger partial charge on any atom is 0.293 e. The fourth-order valence-electron chi connectivity index (χ4n) is 4.51. The average Bonchev–Trinajstić information content (AvgIpc) is 2.91. The Labute approximate surface area is 205 Å². The van der Waals surface area contributed by atoms with Crippen LogP contribution in [0.4, 0.5) is 11.4 Å². The van der Waals surface area contributed by atoms with Crippen LogP contribution in [0, 0.1) is 10.1 Å². The largest absolute Gasteiger partial charge is 0.496 e. The van der Waals surface area contributed by atoms with Crippen LogP contribution in [0.15, 0.2) is 78.9 Å². The summed E-state index contributed by atoms with van der Waals surface area (Å²) in [5.74, 6) is 0.998. The smallest absolute Gasteiger partial charge is 0.293 e. The fourth-order valence-corrected chi connectivity index (χ4v) is 4.51. The van der Waals surface area contributed by atoms with Gasteiger partial charge in [0, 0.05) is 31.8 Å². The van der Waals surface area contributed by atoms with Gasteiger partial charge in [-0.25, -0.2) is 0 Å². The van der Waals surface area contributed by atoms with E-state index < -0.39 is 0 Å². The highest BCUT2D eigenvalue weighted by molar-refractivity contribution is 5.92. The van der Waals surface area contributed by atoms with Gasteiger partial charge in [-0.15, -0.1) is 0 Å². The van der Waals surface area contributed by atoms with E-state index in [1.54, 1.807) is 19.3 Å². The van der Waals surface area contributed by atoms with Gasteiger partial charge < -0.3 is 15.0 Å². The quantitative estimate of drug-likeness (QED) is 0.273. The summed E-state index contributed by atoms with van der Waals surface area (Å²) >= 11 is 0. The second-order valence-corrected chi connectivity index (χ2v) is 8.55. The molecule has 180 valence electrons. The molecular weight excluding hydrogens is 442 g/mol. The van der Waals surface area contributed by atoms with Crippen LogP contribution in [0.25, 0.3) is 6.08 Å². The van der Waals surface area contributed by atoms with Gasteiger partial charge in [0.2, 0.25) is 5.91 Å². The molecule has 0 atom stereocenters. The van der Waals surface area contributed by atoms with Gasteiger partial charge >= 0.3 is 0 Å². The van der Waals surface area contributed by atoms with Gasteiger partial charge in [-0.2, -0.15) is 0 Å². The first kappa shape index (κ1) is 24.0. The first-order valence-corrected chi connectivity index (χ1v) is 11.7. The van der Waals surface area contributed by atoms with Crippen molar-refractivity contribution in [1.29, 1.82) is 0 Å². The molecule has 35 heavy (non-hydrogen) atoms. The maximum atomic E-state index is 12.2. The molecule has 0 spiro atoms. The molecular formula is C28H29N3O4. The van der Waals surface area contributed by atoms with Gasteiger partial charge in [0.25, 0.3) is 5.69 Å². The van der Waals surface area contributed by atoms with E-state index in [4.69, 9.17) is 4.74 Å². The Morgan fingerprint density at radius 1 is 1.09 bits per heavy atom. The number of carbonyl (C=O) groups is 1. The van der Waals surface area contributed by atoms with Crippen molar-refractivity contribution in [2.45, 2.75) is 25.3 Å². The number of anilines is 1. The molecule has 1 heterocycles. The van der Waals surface area contributed by atoms with E-state index in [1.165, 1.54) is 17.7 Å². The lowest BCUT2D eigenvalue weighted by Gasteiger charge is -2.34. The van der Waals surface area contributed by atoms with Crippen LogP contribution >= 0.6 is 0 Å². The van der Waals surface area contributed by atoms with Crippen LogP contribution in [0.1, 0.15) is 35.4 Å². The van der Waals surface area contributed by atoms with Crippen molar-refractivity contribution in [1.82, 2.24) is 5.32 Å². The molecule has 0 aromatic heterocycles. The monoisotopic (exact) mass is 471 g/mol. The fraction of sp³-hybridized carbons (Fsp3) is 0.250. The van der Waals surface area contributed by atoms with E-state index in [2.05, 4.69) is 16.3 Å². The molecule has 0 radical (unpaired) electrons. The van der Waals surface area contributed by atoms with Crippen LogP contribution in [0.5, 0.6) is 5.75 Å². The average molecular weight is 472 g/mol. The number of methoxy groups -OCH3 is 1. The lowest BCUT2D eigenvalue weighted by atomic mass is 9.88. The number of nitro benzene ring substituents is 1. The van der Waals surface area contributed by atoms with Crippen molar-refractivity contribution in [2.24, 2.45) is 0 Å². The van der Waals surface area contributed by atoms with Gasteiger partial charge in [-0.3, -0.25) is 14.9 Å². The third-order valence-corrected chi connectivity index (χ3v) is 6.35. The Bertz CT molecular complexity index is 1200.